The molecule has 7 nitrogen and oxygen atoms in total. The Kier molecular flexibility index (Phi) is 11.7. The molecule has 1 aliphatic rings. The SMILES string of the molecule is CCC(=O)N(CC1CCN(CCc2cccc(F)c2)CC1)c1cccc(F)c1.O=C(O)/C=C/C(=O)O. The molecule has 36 heavy (non-hydrogen) atoms. The molecule has 1 fully saturated rings. The predicted molar refractivity (Wildman–Crippen MR) is 133 cm³/mol. The van der Waals surface area contributed by atoms with E-state index in [1.165, 1.54) is 18.2 Å². The van der Waals surface area contributed by atoms with Gasteiger partial charge < -0.3 is 20.0 Å². The van der Waals surface area contributed by atoms with E-state index < -0.39 is 11.9 Å². The van der Waals surface area contributed by atoms with Gasteiger partial charge in [-0.25, -0.2) is 18.4 Å². The number of amides is 1. The lowest BCUT2D eigenvalue weighted by atomic mass is 9.95. The number of aliphatic carboxylic acids is 2. The largest absolute Gasteiger partial charge is 0.478 e. The summed E-state index contributed by atoms with van der Waals surface area (Å²) in [5, 5.41) is 15.6. The second kappa shape index (κ2) is 14.7. The number of hydrogen-bond donors (Lipinski definition) is 2. The Morgan fingerprint density at radius 2 is 1.56 bits per heavy atom. The van der Waals surface area contributed by atoms with Crippen LogP contribution in [-0.4, -0.2) is 59.1 Å². The second-order valence-corrected chi connectivity index (χ2v) is 8.51. The first-order valence-corrected chi connectivity index (χ1v) is 11.8. The van der Waals surface area contributed by atoms with Crippen molar-refractivity contribution < 1.29 is 33.4 Å². The third-order valence-electron chi connectivity index (χ3n) is 5.85. The van der Waals surface area contributed by atoms with Crippen molar-refractivity contribution in [3.05, 3.63) is 77.9 Å². The van der Waals surface area contributed by atoms with Gasteiger partial charge in [-0.15, -0.1) is 0 Å². The minimum Gasteiger partial charge on any atom is -0.478 e. The van der Waals surface area contributed by atoms with Crippen LogP contribution in [-0.2, 0) is 20.8 Å². The quantitative estimate of drug-likeness (QED) is 0.494. The highest BCUT2D eigenvalue weighted by Crippen LogP contribution is 2.24. The summed E-state index contributed by atoms with van der Waals surface area (Å²) >= 11 is 0. The van der Waals surface area contributed by atoms with Crippen LogP contribution >= 0.6 is 0 Å². The highest BCUT2D eigenvalue weighted by molar-refractivity contribution is 5.93. The molecule has 9 heteroatoms. The summed E-state index contributed by atoms with van der Waals surface area (Å²) in [6.45, 7) is 5.32. The number of hydrogen-bond acceptors (Lipinski definition) is 4. The van der Waals surface area contributed by atoms with Gasteiger partial charge in [0.05, 0.1) is 0 Å². The van der Waals surface area contributed by atoms with Gasteiger partial charge in [0, 0.05) is 37.3 Å². The predicted octanol–water partition coefficient (Wildman–Crippen LogP) is 4.37. The molecule has 2 aromatic carbocycles. The Hall–Kier alpha value is -3.59. The molecule has 1 saturated heterocycles. The Bertz CT molecular complexity index is 1040. The maximum atomic E-state index is 13.6. The van der Waals surface area contributed by atoms with Crippen molar-refractivity contribution in [2.24, 2.45) is 5.92 Å². The summed E-state index contributed by atoms with van der Waals surface area (Å²) in [6, 6.07) is 13.1. The molecule has 0 aliphatic carbocycles. The molecule has 3 rings (SSSR count). The molecule has 194 valence electrons. The molecule has 2 aromatic rings. The van der Waals surface area contributed by atoms with Crippen LogP contribution in [0.15, 0.2) is 60.7 Å². The zero-order valence-electron chi connectivity index (χ0n) is 20.3. The smallest absolute Gasteiger partial charge is 0.328 e. The molecule has 0 spiro atoms. The number of rotatable bonds is 9. The van der Waals surface area contributed by atoms with Crippen molar-refractivity contribution in [3.8, 4) is 0 Å². The van der Waals surface area contributed by atoms with E-state index in [0.717, 1.165) is 44.5 Å². The van der Waals surface area contributed by atoms with Crippen LogP contribution in [0, 0.1) is 17.6 Å². The topological polar surface area (TPSA) is 98.2 Å². The molecule has 1 heterocycles. The summed E-state index contributed by atoms with van der Waals surface area (Å²) < 4.78 is 26.9. The Morgan fingerprint density at radius 1 is 0.972 bits per heavy atom. The highest BCUT2D eigenvalue weighted by Gasteiger charge is 2.24. The number of carbonyl (C=O) groups is 3. The van der Waals surface area contributed by atoms with E-state index in [0.29, 0.717) is 36.7 Å². The summed E-state index contributed by atoms with van der Waals surface area (Å²) in [5.74, 6) is -2.59. The Labute approximate surface area is 209 Å². The van der Waals surface area contributed by atoms with Gasteiger partial charge in [0.2, 0.25) is 5.91 Å². The summed E-state index contributed by atoms with van der Waals surface area (Å²) in [5.41, 5.74) is 1.66. The molecular weight excluding hydrogens is 470 g/mol. The normalized spacial score (nSPS) is 14.2. The average molecular weight is 503 g/mol. The van der Waals surface area contributed by atoms with Crippen LogP contribution in [0.1, 0.15) is 31.7 Å². The molecule has 1 aliphatic heterocycles. The molecule has 2 N–H and O–H groups in total. The van der Waals surface area contributed by atoms with E-state index in [-0.39, 0.29) is 17.5 Å². The van der Waals surface area contributed by atoms with Gasteiger partial charge in [-0.2, -0.15) is 0 Å². The van der Waals surface area contributed by atoms with Crippen molar-refractivity contribution in [2.45, 2.75) is 32.6 Å². The number of piperidine rings is 1. The molecular formula is C27H32F2N2O5. The number of carboxylic acids is 2. The van der Waals surface area contributed by atoms with E-state index >= 15 is 0 Å². The van der Waals surface area contributed by atoms with E-state index in [2.05, 4.69) is 4.90 Å². The fourth-order valence-corrected chi connectivity index (χ4v) is 3.96. The number of halogens is 2. The first-order valence-electron chi connectivity index (χ1n) is 11.8. The van der Waals surface area contributed by atoms with Crippen molar-refractivity contribution in [1.29, 1.82) is 0 Å². The first kappa shape index (κ1) is 28.6. The zero-order chi connectivity index (χ0) is 26.5. The van der Waals surface area contributed by atoms with Crippen molar-refractivity contribution >= 4 is 23.5 Å². The third-order valence-corrected chi connectivity index (χ3v) is 5.85. The molecule has 0 aromatic heterocycles. The molecule has 0 unspecified atom stereocenters. The first-order chi connectivity index (χ1) is 17.2. The highest BCUT2D eigenvalue weighted by atomic mass is 19.1. The van der Waals surface area contributed by atoms with E-state index in [9.17, 15) is 23.2 Å². The van der Waals surface area contributed by atoms with Gasteiger partial charge >= 0.3 is 11.9 Å². The zero-order valence-corrected chi connectivity index (χ0v) is 20.3. The van der Waals surface area contributed by atoms with Crippen molar-refractivity contribution in [2.75, 3.05) is 31.1 Å². The van der Waals surface area contributed by atoms with Gasteiger partial charge in [0.15, 0.2) is 0 Å². The van der Waals surface area contributed by atoms with Gasteiger partial charge in [-0.1, -0.05) is 25.1 Å². The molecule has 1 amide bonds. The van der Waals surface area contributed by atoms with Crippen LogP contribution in [0.3, 0.4) is 0 Å². The van der Waals surface area contributed by atoms with Gasteiger partial charge in [0.25, 0.3) is 0 Å². The van der Waals surface area contributed by atoms with Crippen molar-refractivity contribution in [3.63, 3.8) is 0 Å². The molecule has 0 atom stereocenters. The Morgan fingerprint density at radius 3 is 2.08 bits per heavy atom. The number of carbonyl (C=O) groups excluding carboxylic acids is 1. The van der Waals surface area contributed by atoms with Crippen molar-refractivity contribution in [1.82, 2.24) is 4.90 Å². The number of benzene rings is 2. The Balaban J connectivity index is 0.000000493. The van der Waals surface area contributed by atoms with Crippen LogP contribution in [0.2, 0.25) is 0 Å². The van der Waals surface area contributed by atoms with Gasteiger partial charge in [0.1, 0.15) is 11.6 Å². The number of nitrogens with zero attached hydrogens (tertiary/aromatic N) is 2. The number of carboxylic acid groups (broad SMARTS) is 2. The maximum Gasteiger partial charge on any atom is 0.328 e. The van der Waals surface area contributed by atoms with E-state index in [1.807, 2.05) is 13.0 Å². The standard InChI is InChI=1S/C23H28F2N2O.C4H4O4/c1-2-23(28)27(22-8-4-7-21(25)16-22)17-19-10-13-26(14-11-19)12-9-18-5-3-6-20(24)15-18;5-3(6)1-2-4(7)8/h3-8,15-16,19H,2,9-14,17H2,1H3;1-2H,(H,5,6)(H,7,8)/b;2-1+. The fourth-order valence-electron chi connectivity index (χ4n) is 3.96. The van der Waals surface area contributed by atoms with Crippen LogP contribution in [0.25, 0.3) is 0 Å². The summed E-state index contributed by atoms with van der Waals surface area (Å²) in [4.78, 5) is 35.6. The average Bonchev–Trinajstić information content (AvgIpc) is 2.85. The molecule has 0 bridgehead atoms. The lowest BCUT2D eigenvalue weighted by Crippen LogP contribution is -2.41. The number of likely N-dealkylation sites (tertiary alicyclic amines) is 1. The maximum absolute atomic E-state index is 13.6. The molecule has 0 radical (unpaired) electrons. The van der Waals surface area contributed by atoms with Gasteiger partial charge in [-0.05, 0) is 74.2 Å². The van der Waals surface area contributed by atoms with Crippen LogP contribution in [0.4, 0.5) is 14.5 Å². The minimum atomic E-state index is -1.26. The molecule has 0 saturated carbocycles. The van der Waals surface area contributed by atoms with Gasteiger partial charge in [-0.3, -0.25) is 4.79 Å². The lowest BCUT2D eigenvalue weighted by Gasteiger charge is -2.35. The number of anilines is 1. The van der Waals surface area contributed by atoms with E-state index in [1.54, 1.807) is 29.2 Å². The fraction of sp³-hybridized carbons (Fsp3) is 0.370. The third kappa shape index (κ3) is 10.4. The summed E-state index contributed by atoms with van der Waals surface area (Å²) in [6.07, 6.45) is 4.37. The van der Waals surface area contributed by atoms with Crippen LogP contribution < -0.4 is 4.90 Å². The summed E-state index contributed by atoms with van der Waals surface area (Å²) in [7, 11) is 0. The minimum absolute atomic E-state index is 0.0270. The lowest BCUT2D eigenvalue weighted by molar-refractivity contribution is -0.134. The van der Waals surface area contributed by atoms with E-state index in [4.69, 9.17) is 10.2 Å². The van der Waals surface area contributed by atoms with Crippen LogP contribution in [0.5, 0.6) is 0 Å². The monoisotopic (exact) mass is 502 g/mol. The second-order valence-electron chi connectivity index (χ2n) is 8.51.